The van der Waals surface area contributed by atoms with Crippen molar-refractivity contribution >= 4 is 53.2 Å². The number of aliphatic carboxylic acids is 1. The van der Waals surface area contributed by atoms with Gasteiger partial charge in [0, 0.05) is 6.54 Å². The van der Waals surface area contributed by atoms with E-state index < -0.39 is 115 Å². The number of hydrogen-bond donors (Lipinski definition) is 14. The number of carboxylic acids is 1. The molecule has 0 aliphatic carbocycles. The van der Waals surface area contributed by atoms with Crippen molar-refractivity contribution in [2.24, 2.45) is 34.6 Å². The monoisotopic (exact) mass is 1000 g/mol. The fourth-order valence-electron chi connectivity index (χ4n) is 7.90. The maximum atomic E-state index is 14.0. The van der Waals surface area contributed by atoms with Gasteiger partial charge in [-0.2, -0.15) is 0 Å². The lowest BCUT2D eigenvalue weighted by atomic mass is 10.0. The summed E-state index contributed by atoms with van der Waals surface area (Å²) < 4.78 is 0. The molecule has 1 aromatic carbocycles. The minimum atomic E-state index is -1.24. The highest BCUT2D eigenvalue weighted by molar-refractivity contribution is 5.97. The lowest BCUT2D eigenvalue weighted by molar-refractivity contribution is -0.142. The van der Waals surface area contributed by atoms with Crippen LogP contribution in [0, 0.1) is 5.92 Å². The number of phenols is 1. The number of nitrogens with one attached hydrogen (secondary N) is 7. The van der Waals surface area contributed by atoms with Gasteiger partial charge < -0.3 is 81.0 Å². The number of rotatable bonds is 35. The standard InChI is InChI=1S/C47H81N13O11/c1-29(2)40(45(68)54-28-38(62)55-33(12-3-7-21-48)42(65)57-34(13-4-8-22-49)43(66)58-36(47(70)71)15-6-10-24-51)59-44(67)37-16-11-25-60(37)46(69)35(14-5-9-23-50)56-39(63)27-53-41(64)32(52)26-30-17-19-31(61)20-18-30/h17-20,29,32-37,40,61H,3-16,21-28,48-52H2,1-2H3,(H,53,64)(H,54,68)(H,55,62)(H,56,63)(H,57,65)(H,58,66)(H,59,67)(H,70,71). The number of hydrogen-bond acceptors (Lipinski definition) is 15. The van der Waals surface area contributed by atoms with Gasteiger partial charge in [0.25, 0.3) is 0 Å². The average molecular weight is 1000 g/mol. The molecule has 0 bridgehead atoms. The molecule has 1 aliphatic rings. The van der Waals surface area contributed by atoms with Crippen LogP contribution in [0.4, 0.5) is 0 Å². The Labute approximate surface area is 416 Å². The molecule has 7 atom stereocenters. The van der Waals surface area contributed by atoms with Crippen LogP contribution in [0.25, 0.3) is 0 Å². The fourth-order valence-corrected chi connectivity index (χ4v) is 7.90. The van der Waals surface area contributed by atoms with Crippen LogP contribution in [0.15, 0.2) is 24.3 Å². The molecule has 0 aromatic heterocycles. The zero-order chi connectivity index (χ0) is 52.9. The number of phenolic OH excluding ortho intramolecular Hbond substituents is 1. The minimum absolute atomic E-state index is 0.0609. The molecular weight excluding hydrogens is 923 g/mol. The summed E-state index contributed by atoms with van der Waals surface area (Å²) in [5.41, 5.74) is 29.3. The average Bonchev–Trinajstić information content (AvgIpc) is 3.84. The van der Waals surface area contributed by atoms with Crippen molar-refractivity contribution in [2.45, 2.75) is 152 Å². The molecule has 1 fully saturated rings. The number of benzene rings is 1. The topological polar surface area (TPSA) is 412 Å². The summed E-state index contributed by atoms with van der Waals surface area (Å²) in [5.74, 6) is -6.94. The van der Waals surface area contributed by atoms with E-state index >= 15 is 0 Å². The van der Waals surface area contributed by atoms with Crippen LogP contribution in [-0.2, 0) is 49.6 Å². The predicted octanol–water partition coefficient (Wildman–Crippen LogP) is -2.83. The van der Waals surface area contributed by atoms with E-state index in [0.29, 0.717) is 89.5 Å². The van der Waals surface area contributed by atoms with Gasteiger partial charge in [0.2, 0.25) is 47.3 Å². The predicted molar refractivity (Wildman–Crippen MR) is 264 cm³/mol. The van der Waals surface area contributed by atoms with Crippen molar-refractivity contribution in [3.8, 4) is 5.75 Å². The maximum absolute atomic E-state index is 14.0. The number of carbonyl (C=O) groups excluding carboxylic acids is 8. The molecule has 71 heavy (non-hydrogen) atoms. The smallest absolute Gasteiger partial charge is 0.326 e. The summed E-state index contributed by atoms with van der Waals surface area (Å²) in [6.07, 6.45) is 5.45. The quantitative estimate of drug-likeness (QED) is 0.0305. The number of nitrogens with two attached hydrogens (primary N) is 5. The number of carboxylic acid groups (broad SMARTS) is 1. The van der Waals surface area contributed by atoms with Gasteiger partial charge >= 0.3 is 5.97 Å². The van der Waals surface area contributed by atoms with E-state index in [1.54, 1.807) is 26.0 Å². The van der Waals surface area contributed by atoms with Crippen LogP contribution in [-0.4, -0.2) is 156 Å². The lowest BCUT2D eigenvalue weighted by Crippen LogP contribution is -2.58. The van der Waals surface area contributed by atoms with Gasteiger partial charge in [0.15, 0.2) is 0 Å². The molecule has 0 saturated carbocycles. The number of unbranched alkanes of at least 4 members (excludes halogenated alkanes) is 4. The van der Waals surface area contributed by atoms with Gasteiger partial charge in [-0.3, -0.25) is 38.4 Å². The summed E-state index contributed by atoms with van der Waals surface area (Å²) >= 11 is 0. The summed E-state index contributed by atoms with van der Waals surface area (Å²) in [6.45, 7) is 3.83. The van der Waals surface area contributed by atoms with Crippen molar-refractivity contribution in [2.75, 3.05) is 45.8 Å². The number of carbonyl (C=O) groups is 9. The molecule has 0 radical (unpaired) electrons. The molecule has 8 amide bonds. The molecule has 400 valence electrons. The molecule has 1 aromatic rings. The minimum Gasteiger partial charge on any atom is -0.508 e. The molecule has 19 N–H and O–H groups in total. The number of likely N-dealkylation sites (tertiary alicyclic amines) is 1. The Bertz CT molecular complexity index is 1870. The fraction of sp³-hybridized carbons (Fsp3) is 0.681. The van der Waals surface area contributed by atoms with Crippen molar-refractivity contribution in [1.82, 2.24) is 42.1 Å². The Balaban J connectivity index is 2.11. The molecule has 2 rings (SSSR count). The van der Waals surface area contributed by atoms with Crippen molar-refractivity contribution in [3.05, 3.63) is 29.8 Å². The highest BCUT2D eigenvalue weighted by Crippen LogP contribution is 2.21. The van der Waals surface area contributed by atoms with Crippen molar-refractivity contribution in [3.63, 3.8) is 0 Å². The third kappa shape index (κ3) is 22.8. The first-order valence-corrected chi connectivity index (χ1v) is 24.8. The van der Waals surface area contributed by atoms with Gasteiger partial charge in [0.1, 0.15) is 42.0 Å². The third-order valence-corrected chi connectivity index (χ3v) is 12.0. The van der Waals surface area contributed by atoms with E-state index in [2.05, 4.69) is 37.2 Å². The van der Waals surface area contributed by atoms with E-state index in [4.69, 9.17) is 28.7 Å². The third-order valence-electron chi connectivity index (χ3n) is 12.0. The van der Waals surface area contributed by atoms with Gasteiger partial charge in [-0.1, -0.05) is 26.0 Å². The number of aromatic hydroxyl groups is 1. The molecule has 0 spiro atoms. The number of nitrogens with zero attached hydrogens (tertiary/aromatic N) is 1. The summed E-state index contributed by atoms with van der Waals surface area (Å²) in [5, 5.41) is 37.4. The summed E-state index contributed by atoms with van der Waals surface area (Å²) in [6, 6.07) is -1.54. The maximum Gasteiger partial charge on any atom is 0.326 e. The van der Waals surface area contributed by atoms with Gasteiger partial charge in [0.05, 0.1) is 19.1 Å². The molecule has 1 aliphatic heterocycles. The van der Waals surface area contributed by atoms with E-state index in [0.717, 1.165) is 0 Å². The highest BCUT2D eigenvalue weighted by atomic mass is 16.4. The van der Waals surface area contributed by atoms with Crippen LogP contribution in [0.5, 0.6) is 5.75 Å². The van der Waals surface area contributed by atoms with E-state index in [1.807, 2.05) is 0 Å². The Morgan fingerprint density at radius 3 is 1.55 bits per heavy atom. The Morgan fingerprint density at radius 2 is 1.06 bits per heavy atom. The summed E-state index contributed by atoms with van der Waals surface area (Å²) in [4.78, 5) is 121. The van der Waals surface area contributed by atoms with Crippen molar-refractivity contribution < 1.29 is 53.4 Å². The Kier molecular flexibility index (Phi) is 28.9. The van der Waals surface area contributed by atoms with Gasteiger partial charge in [-0.25, -0.2) is 4.79 Å². The van der Waals surface area contributed by atoms with Crippen LogP contribution in [0.2, 0.25) is 0 Å². The van der Waals surface area contributed by atoms with Crippen LogP contribution in [0.1, 0.15) is 109 Å². The SMILES string of the molecule is CC(C)C(NC(=O)C1CCCN1C(=O)C(CCCCN)NC(=O)CNC(=O)C(N)Cc1ccc(O)cc1)C(=O)NCC(=O)NC(CCCCN)C(=O)NC(CCCCN)C(=O)NC(CCCCN)C(=O)O. The van der Waals surface area contributed by atoms with Crippen LogP contribution >= 0.6 is 0 Å². The first-order chi connectivity index (χ1) is 33.9. The normalized spacial score (nSPS) is 15.8. The lowest BCUT2D eigenvalue weighted by Gasteiger charge is -2.30. The summed E-state index contributed by atoms with van der Waals surface area (Å²) in [7, 11) is 0. The van der Waals surface area contributed by atoms with E-state index in [9.17, 15) is 53.4 Å². The zero-order valence-electron chi connectivity index (χ0n) is 41.4. The number of amides is 8. The van der Waals surface area contributed by atoms with Crippen molar-refractivity contribution in [1.29, 1.82) is 0 Å². The van der Waals surface area contributed by atoms with Crippen LogP contribution < -0.4 is 65.9 Å². The van der Waals surface area contributed by atoms with Gasteiger partial charge in [-0.05, 0) is 146 Å². The molecule has 1 heterocycles. The van der Waals surface area contributed by atoms with E-state index in [-0.39, 0.29) is 50.8 Å². The molecular formula is C47H81N13O11. The second-order valence-electron chi connectivity index (χ2n) is 18.2. The first-order valence-electron chi connectivity index (χ1n) is 24.8. The largest absolute Gasteiger partial charge is 0.508 e. The molecule has 24 nitrogen and oxygen atoms in total. The molecule has 24 heteroatoms. The first kappa shape index (κ1) is 61.2. The molecule has 7 unspecified atom stereocenters. The van der Waals surface area contributed by atoms with Gasteiger partial charge in [-0.15, -0.1) is 0 Å². The van der Waals surface area contributed by atoms with E-state index in [1.165, 1.54) is 17.0 Å². The Morgan fingerprint density at radius 1 is 0.606 bits per heavy atom. The highest BCUT2D eigenvalue weighted by Gasteiger charge is 2.39. The zero-order valence-corrected chi connectivity index (χ0v) is 41.4. The second-order valence-corrected chi connectivity index (χ2v) is 18.2. The van der Waals surface area contributed by atoms with Crippen LogP contribution in [0.3, 0.4) is 0 Å². The second kappa shape index (κ2) is 33.6. The molecule has 1 saturated heterocycles. The Hall–Kier alpha value is -5.95.